The molecule has 0 bridgehead atoms. The van der Waals surface area contributed by atoms with E-state index in [1.165, 1.54) is 11.6 Å². The van der Waals surface area contributed by atoms with Crippen LogP contribution >= 0.6 is 0 Å². The zero-order chi connectivity index (χ0) is 16.1. The molecule has 0 radical (unpaired) electrons. The third-order valence-electron chi connectivity index (χ3n) is 4.48. The Kier molecular flexibility index (Phi) is 4.76. The molecule has 1 fully saturated rings. The van der Waals surface area contributed by atoms with Crippen LogP contribution in [0.15, 0.2) is 42.5 Å². The normalized spacial score (nSPS) is 16.8. The third-order valence-corrected chi connectivity index (χ3v) is 4.48. The highest BCUT2D eigenvalue weighted by Crippen LogP contribution is 2.35. The first-order valence-corrected chi connectivity index (χ1v) is 7.81. The predicted molar refractivity (Wildman–Crippen MR) is 87.4 cm³/mol. The number of ether oxygens (including phenoxy) is 2. The zero-order valence-electron chi connectivity index (χ0n) is 13.2. The van der Waals surface area contributed by atoms with Gasteiger partial charge in [0.25, 0.3) is 0 Å². The van der Waals surface area contributed by atoms with Gasteiger partial charge in [0.15, 0.2) is 0 Å². The molecule has 1 aromatic heterocycles. The summed E-state index contributed by atoms with van der Waals surface area (Å²) in [6, 6.07) is 13.0. The minimum Gasteiger partial charge on any atom is -0.497 e. The number of rotatable bonds is 5. The molecule has 0 aliphatic carbocycles. The van der Waals surface area contributed by atoms with Crippen molar-refractivity contribution in [3.05, 3.63) is 54.0 Å². The fourth-order valence-corrected chi connectivity index (χ4v) is 3.04. The number of aromatic nitrogens is 1. The number of hydrogen-bond acceptors (Lipinski definition) is 4. The largest absolute Gasteiger partial charge is 0.497 e. The number of nitrogens with zero attached hydrogens (tertiary/aromatic N) is 1. The van der Waals surface area contributed by atoms with Crippen molar-refractivity contribution in [3.8, 4) is 5.75 Å². The lowest BCUT2D eigenvalue weighted by atomic mass is 9.74. The summed E-state index contributed by atoms with van der Waals surface area (Å²) in [5.41, 5.74) is 1.20. The number of anilines is 1. The minimum atomic E-state index is -0.472. The van der Waals surface area contributed by atoms with E-state index >= 15 is 0 Å². The van der Waals surface area contributed by atoms with E-state index in [0.29, 0.717) is 12.4 Å². The summed E-state index contributed by atoms with van der Waals surface area (Å²) in [5, 5.41) is 3.29. The Morgan fingerprint density at radius 1 is 1.17 bits per heavy atom. The maximum Gasteiger partial charge on any atom is 0.214 e. The SMILES string of the molecule is COc1ccc(C2(CNc3cccc(F)n3)CCOCC2)cc1. The van der Waals surface area contributed by atoms with E-state index in [1.807, 2.05) is 12.1 Å². The second-order valence-electron chi connectivity index (χ2n) is 5.82. The molecular formula is C18H21FN2O2. The fraction of sp³-hybridized carbons (Fsp3) is 0.389. The van der Waals surface area contributed by atoms with Crippen LogP contribution in [0, 0.1) is 5.95 Å². The summed E-state index contributed by atoms with van der Waals surface area (Å²) >= 11 is 0. The van der Waals surface area contributed by atoms with Crippen LogP contribution in [0.3, 0.4) is 0 Å². The van der Waals surface area contributed by atoms with Gasteiger partial charge >= 0.3 is 0 Å². The lowest BCUT2D eigenvalue weighted by molar-refractivity contribution is 0.0543. The van der Waals surface area contributed by atoms with Crippen LogP contribution in [-0.4, -0.2) is 31.9 Å². The van der Waals surface area contributed by atoms with Crippen molar-refractivity contribution in [1.82, 2.24) is 4.98 Å². The van der Waals surface area contributed by atoms with Gasteiger partial charge in [-0.3, -0.25) is 0 Å². The minimum absolute atomic E-state index is 0.0431. The molecule has 1 aromatic carbocycles. The molecule has 0 spiro atoms. The van der Waals surface area contributed by atoms with Gasteiger partial charge in [-0.2, -0.15) is 4.39 Å². The van der Waals surface area contributed by atoms with E-state index < -0.39 is 5.95 Å². The highest BCUT2D eigenvalue weighted by atomic mass is 19.1. The molecular weight excluding hydrogens is 295 g/mol. The van der Waals surface area contributed by atoms with Gasteiger partial charge in [0.1, 0.15) is 11.6 Å². The zero-order valence-corrected chi connectivity index (χ0v) is 13.2. The first kappa shape index (κ1) is 15.7. The number of pyridine rings is 1. The number of nitrogens with one attached hydrogen (secondary N) is 1. The van der Waals surface area contributed by atoms with Crippen molar-refractivity contribution >= 4 is 5.82 Å². The summed E-state index contributed by atoms with van der Waals surface area (Å²) in [6.45, 7) is 2.15. The van der Waals surface area contributed by atoms with E-state index in [2.05, 4.69) is 22.4 Å². The first-order valence-electron chi connectivity index (χ1n) is 7.81. The summed E-state index contributed by atoms with van der Waals surface area (Å²) in [7, 11) is 1.66. The lowest BCUT2D eigenvalue weighted by Crippen LogP contribution is -2.40. The molecule has 0 atom stereocenters. The summed E-state index contributed by atoms with van der Waals surface area (Å²) in [6.07, 6.45) is 1.84. The molecule has 1 aliphatic rings. The van der Waals surface area contributed by atoms with Crippen LogP contribution < -0.4 is 10.1 Å². The number of hydrogen-bond donors (Lipinski definition) is 1. The van der Waals surface area contributed by atoms with Crippen molar-refractivity contribution < 1.29 is 13.9 Å². The molecule has 1 aliphatic heterocycles. The third kappa shape index (κ3) is 3.62. The van der Waals surface area contributed by atoms with Gasteiger partial charge in [-0.1, -0.05) is 18.2 Å². The fourth-order valence-electron chi connectivity index (χ4n) is 3.04. The molecule has 3 rings (SSSR count). The molecule has 5 heteroatoms. The second-order valence-corrected chi connectivity index (χ2v) is 5.82. The van der Waals surface area contributed by atoms with E-state index in [-0.39, 0.29) is 5.41 Å². The topological polar surface area (TPSA) is 43.4 Å². The molecule has 2 aromatic rings. The van der Waals surface area contributed by atoms with Crippen LogP contribution in [0.25, 0.3) is 0 Å². The molecule has 1 saturated heterocycles. The van der Waals surface area contributed by atoms with Crippen LogP contribution in [0.4, 0.5) is 10.2 Å². The average Bonchev–Trinajstić information content (AvgIpc) is 2.61. The van der Waals surface area contributed by atoms with Gasteiger partial charge in [0.05, 0.1) is 7.11 Å². The van der Waals surface area contributed by atoms with E-state index in [1.54, 1.807) is 19.2 Å². The number of benzene rings is 1. The number of methoxy groups -OCH3 is 1. The van der Waals surface area contributed by atoms with E-state index in [4.69, 9.17) is 9.47 Å². The standard InChI is InChI=1S/C18H21FN2O2/c1-22-15-7-5-14(6-8-15)18(9-11-23-12-10-18)13-20-17-4-2-3-16(19)21-17/h2-8H,9-13H2,1H3,(H,20,21). The molecule has 0 saturated carbocycles. The molecule has 1 N–H and O–H groups in total. The Morgan fingerprint density at radius 3 is 2.57 bits per heavy atom. The highest BCUT2D eigenvalue weighted by Gasteiger charge is 2.34. The van der Waals surface area contributed by atoms with E-state index in [9.17, 15) is 4.39 Å². The summed E-state index contributed by atoms with van der Waals surface area (Å²) in [5.74, 6) is 0.931. The van der Waals surface area contributed by atoms with Crippen LogP contribution in [0.1, 0.15) is 18.4 Å². The number of halogens is 1. The maximum atomic E-state index is 13.2. The Bertz CT molecular complexity index is 640. The van der Waals surface area contributed by atoms with E-state index in [0.717, 1.165) is 31.8 Å². The monoisotopic (exact) mass is 316 g/mol. The average molecular weight is 316 g/mol. The Morgan fingerprint density at radius 2 is 1.91 bits per heavy atom. The second kappa shape index (κ2) is 6.96. The maximum absolute atomic E-state index is 13.2. The van der Waals surface area contributed by atoms with Gasteiger partial charge in [0.2, 0.25) is 5.95 Å². The van der Waals surface area contributed by atoms with Gasteiger partial charge in [-0.15, -0.1) is 0 Å². The van der Waals surface area contributed by atoms with Gasteiger partial charge in [-0.25, -0.2) is 4.98 Å². The lowest BCUT2D eigenvalue weighted by Gasteiger charge is -2.38. The summed E-state index contributed by atoms with van der Waals surface area (Å²) < 4.78 is 24.0. The first-order chi connectivity index (χ1) is 11.2. The van der Waals surface area contributed by atoms with Crippen molar-refractivity contribution in [2.24, 2.45) is 0 Å². The molecule has 23 heavy (non-hydrogen) atoms. The Balaban J connectivity index is 1.81. The predicted octanol–water partition coefficient (Wildman–Crippen LogP) is 3.39. The molecule has 0 amide bonds. The van der Waals surface area contributed by atoms with Gasteiger partial charge in [0, 0.05) is 25.2 Å². The van der Waals surface area contributed by atoms with Crippen LogP contribution in [0.5, 0.6) is 5.75 Å². The molecule has 122 valence electrons. The van der Waals surface area contributed by atoms with Crippen molar-refractivity contribution in [2.75, 3.05) is 32.2 Å². The van der Waals surface area contributed by atoms with Crippen molar-refractivity contribution in [1.29, 1.82) is 0 Å². The summed E-state index contributed by atoms with van der Waals surface area (Å²) in [4.78, 5) is 3.88. The van der Waals surface area contributed by atoms with Crippen LogP contribution in [-0.2, 0) is 10.2 Å². The molecule has 4 nitrogen and oxygen atoms in total. The van der Waals surface area contributed by atoms with Gasteiger partial charge in [-0.05, 0) is 42.7 Å². The van der Waals surface area contributed by atoms with Gasteiger partial charge < -0.3 is 14.8 Å². The molecule has 2 heterocycles. The molecule has 0 unspecified atom stereocenters. The highest BCUT2D eigenvalue weighted by molar-refractivity contribution is 5.38. The van der Waals surface area contributed by atoms with Crippen LogP contribution in [0.2, 0.25) is 0 Å². The quantitative estimate of drug-likeness (QED) is 0.859. The smallest absolute Gasteiger partial charge is 0.214 e. The van der Waals surface area contributed by atoms with Crippen molar-refractivity contribution in [2.45, 2.75) is 18.3 Å². The Labute approximate surface area is 135 Å². The van der Waals surface area contributed by atoms with Crippen molar-refractivity contribution in [3.63, 3.8) is 0 Å². The Hall–Kier alpha value is -2.14.